The van der Waals surface area contributed by atoms with Crippen molar-refractivity contribution in [1.29, 1.82) is 0 Å². The zero-order valence-electron chi connectivity index (χ0n) is 11.4. The predicted octanol–water partition coefficient (Wildman–Crippen LogP) is 2.55. The Bertz CT molecular complexity index is 393. The summed E-state index contributed by atoms with van der Waals surface area (Å²) in [7, 11) is 0. The molecule has 100 valence electrons. The van der Waals surface area contributed by atoms with Crippen LogP contribution in [0.15, 0.2) is 10.7 Å². The molecule has 1 aromatic heterocycles. The molecule has 4 nitrogen and oxygen atoms in total. The van der Waals surface area contributed by atoms with E-state index in [1.165, 1.54) is 25.7 Å². The van der Waals surface area contributed by atoms with Gasteiger partial charge in [0.05, 0.1) is 5.69 Å². The number of hydrogen-bond donors (Lipinski definition) is 1. The summed E-state index contributed by atoms with van der Waals surface area (Å²) in [6.45, 7) is 6.22. The Kier molecular flexibility index (Phi) is 3.29. The van der Waals surface area contributed by atoms with Crippen LogP contribution in [0.1, 0.15) is 45.2 Å². The average molecular weight is 249 g/mol. The van der Waals surface area contributed by atoms with Crippen LogP contribution in [0.3, 0.4) is 0 Å². The largest absolute Gasteiger partial charge is 0.432 e. The van der Waals surface area contributed by atoms with Gasteiger partial charge in [-0.15, -0.1) is 0 Å². The van der Waals surface area contributed by atoms with Gasteiger partial charge >= 0.3 is 0 Å². The zero-order valence-corrected chi connectivity index (χ0v) is 11.4. The van der Waals surface area contributed by atoms with Crippen molar-refractivity contribution < 1.29 is 4.42 Å². The minimum Gasteiger partial charge on any atom is -0.432 e. The van der Waals surface area contributed by atoms with Crippen LogP contribution >= 0.6 is 0 Å². The number of nitrogens with zero attached hydrogens (tertiary/aromatic N) is 2. The van der Waals surface area contributed by atoms with Gasteiger partial charge in [-0.2, -0.15) is 4.98 Å². The summed E-state index contributed by atoms with van der Waals surface area (Å²) in [5, 5.41) is 3.37. The normalized spacial score (nSPS) is 19.5. The van der Waals surface area contributed by atoms with Gasteiger partial charge in [-0.1, -0.05) is 13.8 Å². The van der Waals surface area contributed by atoms with E-state index in [0.717, 1.165) is 30.7 Å². The van der Waals surface area contributed by atoms with Crippen LogP contribution in [0.2, 0.25) is 0 Å². The third-order valence-corrected chi connectivity index (χ3v) is 3.62. The molecule has 2 aliphatic rings. The van der Waals surface area contributed by atoms with Crippen LogP contribution in [0.25, 0.3) is 0 Å². The van der Waals surface area contributed by atoms with Gasteiger partial charge < -0.3 is 14.6 Å². The molecule has 2 aliphatic carbocycles. The molecule has 3 rings (SSSR count). The lowest BCUT2D eigenvalue weighted by Crippen LogP contribution is -2.28. The molecule has 1 heterocycles. The molecule has 1 aromatic rings. The van der Waals surface area contributed by atoms with Crippen molar-refractivity contribution in [2.45, 2.75) is 58.2 Å². The Hall–Kier alpha value is -1.03. The fraction of sp³-hybridized carbons (Fsp3) is 0.786. The van der Waals surface area contributed by atoms with Crippen molar-refractivity contribution in [2.75, 3.05) is 11.4 Å². The molecular weight excluding hydrogens is 226 g/mol. The zero-order chi connectivity index (χ0) is 12.5. The maximum absolute atomic E-state index is 5.66. The lowest BCUT2D eigenvalue weighted by Gasteiger charge is -2.19. The van der Waals surface area contributed by atoms with E-state index in [1.807, 2.05) is 0 Å². The smallest absolute Gasteiger partial charge is 0.297 e. The Balaban J connectivity index is 1.62. The minimum atomic E-state index is 0.483. The number of anilines is 1. The van der Waals surface area contributed by atoms with Crippen molar-refractivity contribution >= 4 is 6.01 Å². The fourth-order valence-corrected chi connectivity index (χ4v) is 2.17. The van der Waals surface area contributed by atoms with Gasteiger partial charge in [0, 0.05) is 25.2 Å². The molecule has 18 heavy (non-hydrogen) atoms. The third kappa shape index (κ3) is 3.05. The predicted molar refractivity (Wildman–Crippen MR) is 71.6 cm³/mol. The molecule has 0 saturated heterocycles. The van der Waals surface area contributed by atoms with E-state index in [9.17, 15) is 0 Å². The summed E-state index contributed by atoms with van der Waals surface area (Å²) in [5.41, 5.74) is 1.01. The first-order valence-electron chi connectivity index (χ1n) is 7.17. The van der Waals surface area contributed by atoms with Crippen LogP contribution in [0, 0.1) is 5.92 Å². The SMILES string of the molecule is CC(C)NCc1coc(N(CC2CC2)C2CC2)n1. The second kappa shape index (κ2) is 4.92. The molecule has 2 saturated carbocycles. The molecular formula is C14H23N3O. The van der Waals surface area contributed by atoms with E-state index in [-0.39, 0.29) is 0 Å². The number of rotatable bonds is 7. The maximum atomic E-state index is 5.66. The monoisotopic (exact) mass is 249 g/mol. The van der Waals surface area contributed by atoms with Crippen LogP contribution in [0.5, 0.6) is 0 Å². The molecule has 2 fully saturated rings. The van der Waals surface area contributed by atoms with Crippen LogP contribution in [0.4, 0.5) is 6.01 Å². The lowest BCUT2D eigenvalue weighted by molar-refractivity contribution is 0.521. The summed E-state index contributed by atoms with van der Waals surface area (Å²) < 4.78 is 5.66. The molecule has 0 unspecified atom stereocenters. The molecule has 0 aliphatic heterocycles. The quantitative estimate of drug-likeness (QED) is 0.806. The minimum absolute atomic E-state index is 0.483. The summed E-state index contributed by atoms with van der Waals surface area (Å²) in [6, 6.07) is 2.01. The van der Waals surface area contributed by atoms with E-state index < -0.39 is 0 Å². The van der Waals surface area contributed by atoms with Crippen LogP contribution < -0.4 is 10.2 Å². The summed E-state index contributed by atoms with van der Waals surface area (Å²) in [5.74, 6) is 0.884. The Labute approximate surface area is 109 Å². The fourth-order valence-electron chi connectivity index (χ4n) is 2.17. The Morgan fingerprint density at radius 3 is 2.78 bits per heavy atom. The molecule has 0 amide bonds. The van der Waals surface area contributed by atoms with Gasteiger partial charge in [-0.3, -0.25) is 0 Å². The highest BCUT2D eigenvalue weighted by Gasteiger charge is 2.36. The first-order chi connectivity index (χ1) is 8.72. The summed E-state index contributed by atoms with van der Waals surface area (Å²) in [6.07, 6.45) is 7.16. The Morgan fingerprint density at radius 2 is 2.17 bits per heavy atom. The van der Waals surface area contributed by atoms with Gasteiger partial charge in [-0.25, -0.2) is 0 Å². The van der Waals surface area contributed by atoms with Crippen molar-refractivity contribution in [3.05, 3.63) is 12.0 Å². The van der Waals surface area contributed by atoms with Gasteiger partial charge in [0.15, 0.2) is 0 Å². The van der Waals surface area contributed by atoms with Crippen molar-refractivity contribution in [1.82, 2.24) is 10.3 Å². The van der Waals surface area contributed by atoms with Gasteiger partial charge in [0.2, 0.25) is 0 Å². The second-order valence-electron chi connectivity index (χ2n) is 5.98. The molecule has 0 atom stereocenters. The van der Waals surface area contributed by atoms with E-state index in [1.54, 1.807) is 6.26 Å². The number of nitrogens with one attached hydrogen (secondary N) is 1. The highest BCUT2D eigenvalue weighted by Crippen LogP contribution is 2.37. The van der Waals surface area contributed by atoms with E-state index in [4.69, 9.17) is 4.42 Å². The molecule has 0 bridgehead atoms. The van der Waals surface area contributed by atoms with Gasteiger partial charge in [0.25, 0.3) is 6.01 Å². The number of oxazole rings is 1. The highest BCUT2D eigenvalue weighted by atomic mass is 16.4. The summed E-state index contributed by atoms with van der Waals surface area (Å²) in [4.78, 5) is 7.01. The van der Waals surface area contributed by atoms with Crippen molar-refractivity contribution in [2.24, 2.45) is 5.92 Å². The highest BCUT2D eigenvalue weighted by molar-refractivity contribution is 5.32. The first kappa shape index (κ1) is 12.0. The van der Waals surface area contributed by atoms with E-state index in [2.05, 4.69) is 29.0 Å². The van der Waals surface area contributed by atoms with E-state index >= 15 is 0 Å². The topological polar surface area (TPSA) is 41.3 Å². The third-order valence-electron chi connectivity index (χ3n) is 3.62. The first-order valence-corrected chi connectivity index (χ1v) is 7.17. The maximum Gasteiger partial charge on any atom is 0.297 e. The molecule has 4 heteroatoms. The van der Waals surface area contributed by atoms with Crippen molar-refractivity contribution in [3.8, 4) is 0 Å². The van der Waals surface area contributed by atoms with Crippen LogP contribution in [-0.4, -0.2) is 23.6 Å². The van der Waals surface area contributed by atoms with Gasteiger partial charge in [0.1, 0.15) is 6.26 Å². The lowest BCUT2D eigenvalue weighted by atomic mass is 10.3. The number of hydrogen-bond acceptors (Lipinski definition) is 4. The van der Waals surface area contributed by atoms with E-state index in [0.29, 0.717) is 12.1 Å². The summed E-state index contributed by atoms with van der Waals surface area (Å²) >= 11 is 0. The molecule has 0 aromatic carbocycles. The molecule has 0 radical (unpaired) electrons. The second-order valence-corrected chi connectivity index (χ2v) is 5.98. The average Bonchev–Trinajstić information content (AvgIpc) is 3.23. The molecule has 0 spiro atoms. The van der Waals surface area contributed by atoms with Crippen molar-refractivity contribution in [3.63, 3.8) is 0 Å². The molecule has 1 N–H and O–H groups in total. The van der Waals surface area contributed by atoms with Crippen LogP contribution in [-0.2, 0) is 6.54 Å². The standard InChI is InChI=1S/C14H23N3O/c1-10(2)15-7-12-9-18-14(16-12)17(13-5-6-13)8-11-3-4-11/h9-11,13,15H,3-8H2,1-2H3. The van der Waals surface area contributed by atoms with Gasteiger partial charge in [-0.05, 0) is 31.6 Å². The Morgan fingerprint density at radius 1 is 1.39 bits per heavy atom. The number of aromatic nitrogens is 1.